The molecule has 0 unspecified atom stereocenters. The van der Waals surface area contributed by atoms with Gasteiger partial charge in [-0.05, 0) is 77.6 Å². The van der Waals surface area contributed by atoms with Crippen molar-refractivity contribution >= 4 is 5.97 Å². The van der Waals surface area contributed by atoms with E-state index >= 15 is 0 Å². The molecular formula is C31H34O6. The van der Waals surface area contributed by atoms with Gasteiger partial charge in [-0.15, -0.1) is 0 Å². The number of aliphatic carboxylic acids is 1. The highest BCUT2D eigenvalue weighted by atomic mass is 16.5. The lowest BCUT2D eigenvalue weighted by Crippen LogP contribution is -2.48. The minimum Gasteiger partial charge on any atom is -0.493 e. The molecule has 2 fully saturated rings. The number of carboxylic acid groups (broad SMARTS) is 1. The Morgan fingerprint density at radius 3 is 2.14 bits per heavy atom. The van der Waals surface area contributed by atoms with Crippen LogP contribution >= 0.6 is 0 Å². The molecule has 0 atom stereocenters. The van der Waals surface area contributed by atoms with Crippen LogP contribution in [-0.2, 0) is 26.3 Å². The van der Waals surface area contributed by atoms with E-state index in [2.05, 4.69) is 57.2 Å². The monoisotopic (exact) mass is 502 g/mol. The van der Waals surface area contributed by atoms with Crippen molar-refractivity contribution in [2.75, 3.05) is 33.0 Å². The van der Waals surface area contributed by atoms with Crippen molar-refractivity contribution in [1.29, 1.82) is 0 Å². The van der Waals surface area contributed by atoms with Gasteiger partial charge in [-0.3, -0.25) is 4.79 Å². The number of hydrogen-bond donors (Lipinski definition) is 1. The van der Waals surface area contributed by atoms with Crippen LogP contribution < -0.4 is 9.47 Å². The maximum atomic E-state index is 11.3. The van der Waals surface area contributed by atoms with Gasteiger partial charge >= 0.3 is 5.97 Å². The summed E-state index contributed by atoms with van der Waals surface area (Å²) < 4.78 is 22.8. The highest BCUT2D eigenvalue weighted by molar-refractivity contribution is 5.72. The minimum absolute atomic E-state index is 0.0697. The third-order valence-corrected chi connectivity index (χ3v) is 7.33. The first-order chi connectivity index (χ1) is 17.8. The van der Waals surface area contributed by atoms with Crippen molar-refractivity contribution in [3.63, 3.8) is 0 Å². The largest absolute Gasteiger partial charge is 0.493 e. The number of ether oxygens (including phenoxy) is 4. The summed E-state index contributed by atoms with van der Waals surface area (Å²) >= 11 is 0. The maximum Gasteiger partial charge on any atom is 0.304 e. The highest BCUT2D eigenvalue weighted by Gasteiger charge is 2.42. The summed E-state index contributed by atoms with van der Waals surface area (Å²) in [6, 6.07) is 20.4. The fourth-order valence-electron chi connectivity index (χ4n) is 5.15. The Labute approximate surface area is 218 Å². The number of rotatable bonds is 10. The molecule has 194 valence electrons. The molecule has 2 saturated heterocycles. The van der Waals surface area contributed by atoms with Crippen LogP contribution in [0.1, 0.15) is 35.6 Å². The van der Waals surface area contributed by atoms with Crippen molar-refractivity contribution in [2.45, 2.75) is 39.2 Å². The molecule has 0 radical (unpaired) electrons. The van der Waals surface area contributed by atoms with Crippen LogP contribution in [-0.4, -0.2) is 44.1 Å². The first-order valence-corrected chi connectivity index (χ1v) is 12.7. The van der Waals surface area contributed by atoms with Crippen LogP contribution in [0.4, 0.5) is 0 Å². The Kier molecular flexibility index (Phi) is 6.97. The predicted molar refractivity (Wildman–Crippen MR) is 141 cm³/mol. The molecule has 1 N–H and O–H groups in total. The Morgan fingerprint density at radius 1 is 0.892 bits per heavy atom. The molecule has 3 aromatic carbocycles. The van der Waals surface area contributed by atoms with Crippen LogP contribution in [0.3, 0.4) is 0 Å². The predicted octanol–water partition coefficient (Wildman–Crippen LogP) is 5.71. The van der Waals surface area contributed by atoms with Crippen molar-refractivity contribution in [3.05, 3.63) is 82.9 Å². The lowest BCUT2D eigenvalue weighted by Gasteiger charge is -2.40. The van der Waals surface area contributed by atoms with Crippen molar-refractivity contribution in [3.8, 4) is 22.6 Å². The summed E-state index contributed by atoms with van der Waals surface area (Å²) in [6.45, 7) is 9.91. The first-order valence-electron chi connectivity index (χ1n) is 12.7. The van der Waals surface area contributed by atoms with E-state index in [-0.39, 0.29) is 11.8 Å². The Hall–Kier alpha value is -3.35. The first kappa shape index (κ1) is 25.3. The standard InChI is InChI=1S/C31H34O6/c1-21-11-27(37-18-30(3)16-34-17-30)12-22(2)29(21)24-6-4-5-23(13-24)15-36-26-9-7-25(8-10-26)31(14-28(32)33)19-35-20-31/h4-13H,14-20H2,1-3H3,(H,32,33). The third-order valence-electron chi connectivity index (χ3n) is 7.33. The van der Waals surface area contributed by atoms with Gasteiger partial charge in [-0.2, -0.15) is 0 Å². The summed E-state index contributed by atoms with van der Waals surface area (Å²) in [7, 11) is 0. The van der Waals surface area contributed by atoms with E-state index < -0.39 is 11.4 Å². The van der Waals surface area contributed by atoms with Crippen molar-refractivity contribution in [1.82, 2.24) is 0 Å². The second kappa shape index (κ2) is 10.2. The zero-order valence-electron chi connectivity index (χ0n) is 21.7. The van der Waals surface area contributed by atoms with Crippen molar-refractivity contribution < 1.29 is 28.8 Å². The van der Waals surface area contributed by atoms with Gasteiger partial charge < -0.3 is 24.1 Å². The van der Waals surface area contributed by atoms with Gasteiger partial charge in [0.15, 0.2) is 0 Å². The zero-order chi connectivity index (χ0) is 26.0. The highest BCUT2D eigenvalue weighted by Crippen LogP contribution is 2.37. The topological polar surface area (TPSA) is 74.2 Å². The van der Waals surface area contributed by atoms with E-state index in [0.29, 0.717) is 26.4 Å². The van der Waals surface area contributed by atoms with E-state index in [4.69, 9.17) is 18.9 Å². The van der Waals surface area contributed by atoms with Gasteiger partial charge in [0.05, 0.1) is 44.9 Å². The molecule has 2 aliphatic rings. The smallest absolute Gasteiger partial charge is 0.304 e. The van der Waals surface area contributed by atoms with Gasteiger partial charge in [0, 0.05) is 5.41 Å². The number of carbonyl (C=O) groups is 1. The Balaban J connectivity index is 1.25. The van der Waals surface area contributed by atoms with Gasteiger partial charge in [0.25, 0.3) is 0 Å². The van der Waals surface area contributed by atoms with Crippen LogP contribution in [0.15, 0.2) is 60.7 Å². The van der Waals surface area contributed by atoms with E-state index in [0.717, 1.165) is 41.4 Å². The van der Waals surface area contributed by atoms with Crippen LogP contribution in [0.5, 0.6) is 11.5 Å². The molecule has 37 heavy (non-hydrogen) atoms. The molecule has 6 nitrogen and oxygen atoms in total. The quantitative estimate of drug-likeness (QED) is 0.383. The average Bonchev–Trinajstić information content (AvgIpc) is 2.83. The average molecular weight is 503 g/mol. The number of carboxylic acids is 1. The van der Waals surface area contributed by atoms with Crippen LogP contribution in [0.25, 0.3) is 11.1 Å². The molecule has 2 heterocycles. The molecule has 2 aliphatic heterocycles. The zero-order valence-corrected chi connectivity index (χ0v) is 21.7. The van der Waals surface area contributed by atoms with E-state index in [1.54, 1.807) is 0 Å². The summed E-state index contributed by atoms with van der Waals surface area (Å²) in [5, 5.41) is 9.27. The van der Waals surface area contributed by atoms with Gasteiger partial charge in [0.1, 0.15) is 18.1 Å². The lowest BCUT2D eigenvalue weighted by molar-refractivity contribution is -0.145. The maximum absolute atomic E-state index is 11.3. The van der Waals surface area contributed by atoms with E-state index in [9.17, 15) is 9.90 Å². The molecule has 0 saturated carbocycles. The van der Waals surface area contributed by atoms with E-state index in [1.165, 1.54) is 16.7 Å². The fourth-order valence-corrected chi connectivity index (χ4v) is 5.15. The normalized spacial score (nSPS) is 17.4. The molecular weight excluding hydrogens is 468 g/mol. The van der Waals surface area contributed by atoms with Crippen LogP contribution in [0, 0.1) is 19.3 Å². The van der Waals surface area contributed by atoms with Crippen molar-refractivity contribution in [2.24, 2.45) is 5.41 Å². The van der Waals surface area contributed by atoms with Gasteiger partial charge in [-0.25, -0.2) is 0 Å². The number of benzene rings is 3. The Morgan fingerprint density at radius 2 is 1.57 bits per heavy atom. The summed E-state index contributed by atoms with van der Waals surface area (Å²) in [6.07, 6.45) is 0.0697. The molecule has 0 spiro atoms. The molecule has 0 amide bonds. The SMILES string of the molecule is Cc1cc(OCC2(C)COC2)cc(C)c1-c1cccc(COc2ccc(C3(CC(=O)O)COC3)cc2)c1. The molecule has 6 heteroatoms. The second-order valence-corrected chi connectivity index (χ2v) is 10.9. The van der Waals surface area contributed by atoms with Crippen LogP contribution in [0.2, 0.25) is 0 Å². The lowest BCUT2D eigenvalue weighted by atomic mass is 9.76. The molecule has 0 bridgehead atoms. The van der Waals surface area contributed by atoms with Gasteiger partial charge in [-0.1, -0.05) is 37.3 Å². The fraction of sp³-hybridized carbons (Fsp3) is 0.387. The molecule has 0 aliphatic carbocycles. The number of aryl methyl sites for hydroxylation is 2. The summed E-state index contributed by atoms with van der Waals surface area (Å²) in [5.74, 6) is 0.835. The number of hydrogen-bond acceptors (Lipinski definition) is 5. The minimum atomic E-state index is -0.811. The molecule has 3 aromatic rings. The van der Waals surface area contributed by atoms with Gasteiger partial charge in [0.2, 0.25) is 0 Å². The van der Waals surface area contributed by atoms with E-state index in [1.807, 2.05) is 24.3 Å². The Bertz CT molecular complexity index is 1250. The summed E-state index contributed by atoms with van der Waals surface area (Å²) in [5.41, 5.74) is 6.44. The second-order valence-electron chi connectivity index (χ2n) is 10.9. The third kappa shape index (κ3) is 5.50. The summed E-state index contributed by atoms with van der Waals surface area (Å²) in [4.78, 5) is 11.3. The molecule has 0 aromatic heterocycles. The molecule has 5 rings (SSSR count).